The molecule has 0 radical (unpaired) electrons. The molecule has 0 N–H and O–H groups in total. The molecule has 0 saturated carbocycles. The first-order valence-electron chi connectivity index (χ1n) is 5.49. The van der Waals surface area contributed by atoms with Crippen LogP contribution in [-0.2, 0) is 4.79 Å². The molecule has 1 aliphatic heterocycles. The van der Waals surface area contributed by atoms with E-state index in [4.69, 9.17) is 0 Å². The maximum absolute atomic E-state index is 13.7. The Morgan fingerprint density at radius 3 is 2.72 bits per heavy atom. The zero-order valence-corrected chi connectivity index (χ0v) is 9.80. The topological polar surface area (TPSA) is 66.7 Å². The van der Waals surface area contributed by atoms with Crippen LogP contribution in [0.3, 0.4) is 0 Å². The first kappa shape index (κ1) is 12.3. The van der Waals surface area contributed by atoms with Crippen molar-refractivity contribution in [2.75, 3.05) is 24.7 Å². The number of halogens is 1. The lowest BCUT2D eigenvalue weighted by Gasteiger charge is -2.18. The van der Waals surface area contributed by atoms with Crippen LogP contribution in [0.2, 0.25) is 0 Å². The third-order valence-corrected chi connectivity index (χ3v) is 2.88. The minimum absolute atomic E-state index is 0.0738. The number of nitro groups is 1. The number of nitrogens with zero attached hydrogens (tertiary/aromatic N) is 3. The molecule has 2 rings (SSSR count). The van der Waals surface area contributed by atoms with Gasteiger partial charge in [-0.05, 0) is 13.0 Å². The fraction of sp³-hybridized carbons (Fsp3) is 0.364. The third kappa shape index (κ3) is 2.11. The zero-order chi connectivity index (χ0) is 13.3. The zero-order valence-electron chi connectivity index (χ0n) is 9.80. The van der Waals surface area contributed by atoms with Gasteiger partial charge in [0.25, 0.3) is 5.69 Å². The summed E-state index contributed by atoms with van der Waals surface area (Å²) in [6.07, 6.45) is 0. The van der Waals surface area contributed by atoms with E-state index in [9.17, 15) is 19.3 Å². The van der Waals surface area contributed by atoms with Crippen molar-refractivity contribution in [3.63, 3.8) is 0 Å². The maximum atomic E-state index is 13.7. The lowest BCUT2D eigenvalue weighted by Crippen LogP contribution is -2.27. The summed E-state index contributed by atoms with van der Waals surface area (Å²) in [4.78, 5) is 24.5. The summed E-state index contributed by atoms with van der Waals surface area (Å²) in [6.45, 7) is 2.81. The number of hydrogen-bond donors (Lipinski definition) is 0. The van der Waals surface area contributed by atoms with Crippen molar-refractivity contribution in [1.82, 2.24) is 4.90 Å². The largest absolute Gasteiger partial charge is 0.342 e. The molecule has 1 aromatic rings. The molecule has 1 fully saturated rings. The van der Waals surface area contributed by atoms with Gasteiger partial charge in [-0.25, -0.2) is 4.39 Å². The first-order valence-corrected chi connectivity index (χ1v) is 5.49. The van der Waals surface area contributed by atoms with Crippen molar-refractivity contribution in [3.05, 3.63) is 34.1 Å². The lowest BCUT2D eigenvalue weighted by atomic mass is 10.2. The molecule has 0 aromatic heterocycles. The molecule has 1 aliphatic rings. The number of likely N-dealkylation sites (N-methyl/N-ethyl adjacent to an activating group) is 1. The van der Waals surface area contributed by atoms with Gasteiger partial charge in [0, 0.05) is 12.6 Å². The van der Waals surface area contributed by atoms with Gasteiger partial charge in [-0.2, -0.15) is 0 Å². The van der Waals surface area contributed by atoms with Crippen LogP contribution in [0.5, 0.6) is 0 Å². The van der Waals surface area contributed by atoms with Crippen LogP contribution in [0.4, 0.5) is 15.8 Å². The molecule has 0 unspecified atom stereocenters. The minimum Gasteiger partial charge on any atom is -0.342 e. The van der Waals surface area contributed by atoms with Crippen LogP contribution >= 0.6 is 0 Å². The molecule has 1 saturated heterocycles. The van der Waals surface area contributed by atoms with Gasteiger partial charge >= 0.3 is 0 Å². The average Bonchev–Trinajstić information content (AvgIpc) is 2.70. The van der Waals surface area contributed by atoms with Crippen molar-refractivity contribution < 1.29 is 14.1 Å². The van der Waals surface area contributed by atoms with Gasteiger partial charge in [0.15, 0.2) is 5.82 Å². The summed E-state index contributed by atoms with van der Waals surface area (Å²) < 4.78 is 13.7. The van der Waals surface area contributed by atoms with Gasteiger partial charge in [0.05, 0.1) is 29.9 Å². The molecular weight excluding hydrogens is 241 g/mol. The quantitative estimate of drug-likeness (QED) is 0.602. The van der Waals surface area contributed by atoms with Gasteiger partial charge in [0.2, 0.25) is 5.91 Å². The Bertz CT molecular complexity index is 506. The van der Waals surface area contributed by atoms with Gasteiger partial charge in [-0.3, -0.25) is 14.9 Å². The standard InChI is InChI=1S/C11H12FN3O3/c1-2-13-7-14(6-11(13)16)10-4-3-8(15(17)18)5-9(10)12/h3-5H,2,6-7H2,1H3. The van der Waals surface area contributed by atoms with Crippen molar-refractivity contribution >= 4 is 17.3 Å². The SMILES string of the molecule is CCN1CN(c2ccc([N+](=O)[O-])cc2F)CC1=O. The van der Waals surface area contributed by atoms with Gasteiger partial charge in [-0.1, -0.05) is 0 Å². The first-order chi connectivity index (χ1) is 8.52. The van der Waals surface area contributed by atoms with Crippen LogP contribution in [-0.4, -0.2) is 35.5 Å². The Balaban J connectivity index is 2.25. The predicted octanol–water partition coefficient (Wildman–Crippen LogP) is 1.36. The van der Waals surface area contributed by atoms with E-state index in [0.29, 0.717) is 13.2 Å². The van der Waals surface area contributed by atoms with Crippen molar-refractivity contribution in [3.8, 4) is 0 Å². The normalized spacial score (nSPS) is 15.3. The Morgan fingerprint density at radius 1 is 1.50 bits per heavy atom. The fourth-order valence-electron chi connectivity index (χ4n) is 1.90. The molecule has 6 nitrogen and oxygen atoms in total. The monoisotopic (exact) mass is 253 g/mol. The maximum Gasteiger partial charge on any atom is 0.272 e. The molecule has 18 heavy (non-hydrogen) atoms. The van der Waals surface area contributed by atoms with Gasteiger partial charge in [-0.15, -0.1) is 0 Å². The van der Waals surface area contributed by atoms with Crippen LogP contribution in [0, 0.1) is 15.9 Å². The number of benzene rings is 1. The number of nitro benzene ring substituents is 1. The molecule has 1 aromatic carbocycles. The van der Waals surface area contributed by atoms with E-state index in [1.54, 1.807) is 9.80 Å². The van der Waals surface area contributed by atoms with E-state index in [2.05, 4.69) is 0 Å². The van der Waals surface area contributed by atoms with Crippen LogP contribution in [0.25, 0.3) is 0 Å². The van der Waals surface area contributed by atoms with Gasteiger partial charge < -0.3 is 9.80 Å². The molecule has 0 bridgehead atoms. The number of anilines is 1. The number of amides is 1. The number of carbonyl (C=O) groups is 1. The highest BCUT2D eigenvalue weighted by molar-refractivity contribution is 5.84. The highest BCUT2D eigenvalue weighted by Gasteiger charge is 2.28. The highest BCUT2D eigenvalue weighted by Crippen LogP contribution is 2.26. The molecule has 7 heteroatoms. The molecule has 1 heterocycles. The molecule has 0 aliphatic carbocycles. The summed E-state index contributed by atoms with van der Waals surface area (Å²) in [5.74, 6) is -0.759. The van der Waals surface area contributed by atoms with Crippen molar-refractivity contribution in [2.24, 2.45) is 0 Å². The molecule has 96 valence electrons. The summed E-state index contributed by atoms with van der Waals surface area (Å²) in [7, 11) is 0. The van der Waals surface area contributed by atoms with E-state index >= 15 is 0 Å². The summed E-state index contributed by atoms with van der Waals surface area (Å²) in [5.41, 5.74) is -0.0842. The summed E-state index contributed by atoms with van der Waals surface area (Å²) in [6, 6.07) is 3.44. The lowest BCUT2D eigenvalue weighted by molar-refractivity contribution is -0.385. The smallest absolute Gasteiger partial charge is 0.272 e. The van der Waals surface area contributed by atoms with E-state index < -0.39 is 10.7 Å². The summed E-state index contributed by atoms with van der Waals surface area (Å²) in [5, 5.41) is 10.5. The Kier molecular flexibility index (Phi) is 3.14. The van der Waals surface area contributed by atoms with E-state index in [-0.39, 0.29) is 23.8 Å². The van der Waals surface area contributed by atoms with Crippen molar-refractivity contribution in [1.29, 1.82) is 0 Å². The van der Waals surface area contributed by atoms with E-state index in [1.807, 2.05) is 6.92 Å². The third-order valence-electron chi connectivity index (χ3n) is 2.88. The Morgan fingerprint density at radius 2 is 2.22 bits per heavy atom. The van der Waals surface area contributed by atoms with E-state index in [1.165, 1.54) is 12.1 Å². The number of rotatable bonds is 3. The Hall–Kier alpha value is -2.18. The van der Waals surface area contributed by atoms with Crippen LogP contribution in [0.15, 0.2) is 18.2 Å². The Labute approximate surface area is 103 Å². The van der Waals surface area contributed by atoms with Crippen LogP contribution in [0.1, 0.15) is 6.92 Å². The summed E-state index contributed by atoms with van der Waals surface area (Å²) >= 11 is 0. The second-order valence-electron chi connectivity index (χ2n) is 3.98. The van der Waals surface area contributed by atoms with Gasteiger partial charge in [0.1, 0.15) is 0 Å². The molecule has 1 amide bonds. The molecule has 0 atom stereocenters. The number of non-ortho nitro benzene ring substituents is 1. The second-order valence-corrected chi connectivity index (χ2v) is 3.98. The van der Waals surface area contributed by atoms with Crippen molar-refractivity contribution in [2.45, 2.75) is 6.92 Å². The number of hydrogen-bond acceptors (Lipinski definition) is 4. The predicted molar refractivity (Wildman–Crippen MR) is 62.7 cm³/mol. The molecular formula is C11H12FN3O3. The number of carbonyl (C=O) groups excluding carboxylic acids is 1. The average molecular weight is 253 g/mol. The van der Waals surface area contributed by atoms with Crippen LogP contribution < -0.4 is 4.90 Å². The second kappa shape index (κ2) is 4.59. The molecule has 0 spiro atoms. The fourth-order valence-corrected chi connectivity index (χ4v) is 1.90. The minimum atomic E-state index is -0.685. The van der Waals surface area contributed by atoms with E-state index in [0.717, 1.165) is 6.07 Å². The highest BCUT2D eigenvalue weighted by atomic mass is 19.1.